The van der Waals surface area contributed by atoms with Crippen LogP contribution in [0.2, 0.25) is 10.0 Å². The van der Waals surface area contributed by atoms with Crippen LogP contribution in [-0.2, 0) is 0 Å². The standard InChI is InChI=1S/C19H16Cl2N4O/c1-25(16-10-13(20)9-14(21)11-16)19(26)12-4-2-5-15(8-12)24-18-17(22)6-3-7-23-18/h2-11H,22H2,1H3,(H,23,24). The van der Waals surface area contributed by atoms with Crippen LogP contribution in [0.25, 0.3) is 0 Å². The van der Waals surface area contributed by atoms with E-state index in [9.17, 15) is 4.79 Å². The molecule has 2 aromatic carbocycles. The number of amides is 1. The van der Waals surface area contributed by atoms with Crippen molar-refractivity contribution < 1.29 is 4.79 Å². The molecule has 0 saturated heterocycles. The molecule has 0 radical (unpaired) electrons. The average molecular weight is 387 g/mol. The van der Waals surface area contributed by atoms with Gasteiger partial charge >= 0.3 is 0 Å². The largest absolute Gasteiger partial charge is 0.396 e. The third kappa shape index (κ3) is 4.07. The zero-order valence-corrected chi connectivity index (χ0v) is 15.4. The van der Waals surface area contributed by atoms with Crippen LogP contribution in [-0.4, -0.2) is 17.9 Å². The van der Waals surface area contributed by atoms with Gasteiger partial charge in [0.05, 0.1) is 5.69 Å². The molecule has 0 bridgehead atoms. The van der Waals surface area contributed by atoms with Gasteiger partial charge in [0.25, 0.3) is 5.91 Å². The second kappa shape index (κ2) is 7.64. The average Bonchev–Trinajstić information content (AvgIpc) is 2.62. The van der Waals surface area contributed by atoms with Gasteiger partial charge in [-0.05, 0) is 48.5 Å². The minimum absolute atomic E-state index is 0.194. The molecule has 0 fully saturated rings. The summed E-state index contributed by atoms with van der Waals surface area (Å²) in [5.41, 5.74) is 8.24. The highest BCUT2D eigenvalue weighted by molar-refractivity contribution is 6.35. The van der Waals surface area contributed by atoms with Crippen LogP contribution in [0.1, 0.15) is 10.4 Å². The number of anilines is 4. The maximum atomic E-state index is 12.8. The summed E-state index contributed by atoms with van der Waals surface area (Å²) in [5.74, 6) is 0.341. The van der Waals surface area contributed by atoms with E-state index < -0.39 is 0 Å². The van der Waals surface area contributed by atoms with Gasteiger partial charge in [0.2, 0.25) is 0 Å². The Hall–Kier alpha value is -2.76. The monoisotopic (exact) mass is 386 g/mol. The first kappa shape index (κ1) is 18.0. The van der Waals surface area contributed by atoms with Crippen molar-refractivity contribution in [2.75, 3.05) is 23.0 Å². The number of nitrogens with two attached hydrogens (primary N) is 1. The summed E-state index contributed by atoms with van der Waals surface area (Å²) in [5, 5.41) is 4.05. The number of halogens is 2. The Kier molecular flexibility index (Phi) is 5.30. The highest BCUT2D eigenvalue weighted by Gasteiger charge is 2.15. The van der Waals surface area contributed by atoms with E-state index in [0.717, 1.165) is 0 Å². The summed E-state index contributed by atoms with van der Waals surface area (Å²) in [6.45, 7) is 0. The molecule has 26 heavy (non-hydrogen) atoms. The minimum atomic E-state index is -0.194. The lowest BCUT2D eigenvalue weighted by atomic mass is 10.1. The highest BCUT2D eigenvalue weighted by atomic mass is 35.5. The van der Waals surface area contributed by atoms with Crippen molar-refractivity contribution in [1.82, 2.24) is 4.98 Å². The van der Waals surface area contributed by atoms with E-state index in [0.29, 0.717) is 38.5 Å². The van der Waals surface area contributed by atoms with Crippen LogP contribution in [0.4, 0.5) is 22.9 Å². The first-order valence-electron chi connectivity index (χ1n) is 7.76. The number of benzene rings is 2. The molecule has 1 heterocycles. The molecule has 0 aliphatic rings. The number of hydrogen-bond donors (Lipinski definition) is 2. The van der Waals surface area contributed by atoms with Gasteiger partial charge < -0.3 is 16.0 Å². The smallest absolute Gasteiger partial charge is 0.258 e. The lowest BCUT2D eigenvalue weighted by Crippen LogP contribution is -2.26. The van der Waals surface area contributed by atoms with E-state index in [-0.39, 0.29) is 5.91 Å². The number of pyridine rings is 1. The van der Waals surface area contributed by atoms with Gasteiger partial charge in [0.15, 0.2) is 5.82 Å². The molecular weight excluding hydrogens is 371 g/mol. The zero-order valence-electron chi connectivity index (χ0n) is 13.9. The van der Waals surface area contributed by atoms with E-state index in [2.05, 4.69) is 10.3 Å². The Labute approximate surface area is 161 Å². The Morgan fingerprint density at radius 2 is 1.81 bits per heavy atom. The molecule has 0 aliphatic carbocycles. The van der Waals surface area contributed by atoms with Crippen LogP contribution in [0.5, 0.6) is 0 Å². The molecule has 5 nitrogen and oxygen atoms in total. The molecule has 7 heteroatoms. The maximum absolute atomic E-state index is 12.8. The van der Waals surface area contributed by atoms with E-state index >= 15 is 0 Å². The number of rotatable bonds is 4. The molecular formula is C19H16Cl2N4O. The van der Waals surface area contributed by atoms with Gasteiger partial charge in [-0.3, -0.25) is 4.79 Å². The van der Waals surface area contributed by atoms with E-state index in [1.54, 1.807) is 61.8 Å². The molecule has 3 N–H and O–H groups in total. The van der Waals surface area contributed by atoms with E-state index in [1.165, 1.54) is 4.90 Å². The fourth-order valence-electron chi connectivity index (χ4n) is 2.43. The SMILES string of the molecule is CN(C(=O)c1cccc(Nc2ncccc2N)c1)c1cc(Cl)cc(Cl)c1. The summed E-state index contributed by atoms with van der Waals surface area (Å²) in [7, 11) is 1.67. The van der Waals surface area contributed by atoms with E-state index in [4.69, 9.17) is 28.9 Å². The van der Waals surface area contributed by atoms with E-state index in [1.807, 2.05) is 6.07 Å². The lowest BCUT2D eigenvalue weighted by Gasteiger charge is -2.18. The van der Waals surface area contributed by atoms with Crippen molar-refractivity contribution in [2.24, 2.45) is 0 Å². The maximum Gasteiger partial charge on any atom is 0.258 e. The zero-order chi connectivity index (χ0) is 18.7. The molecule has 0 unspecified atom stereocenters. The third-order valence-corrected chi connectivity index (χ3v) is 4.19. The van der Waals surface area contributed by atoms with Crippen molar-refractivity contribution in [2.45, 2.75) is 0 Å². The van der Waals surface area contributed by atoms with Crippen LogP contribution in [0, 0.1) is 0 Å². The molecule has 3 rings (SSSR count). The predicted molar refractivity (Wildman–Crippen MR) is 108 cm³/mol. The number of nitrogens with zero attached hydrogens (tertiary/aromatic N) is 2. The van der Waals surface area contributed by atoms with Crippen LogP contribution < -0.4 is 16.0 Å². The Morgan fingerprint density at radius 1 is 1.08 bits per heavy atom. The number of carbonyl (C=O) groups is 1. The third-order valence-electron chi connectivity index (χ3n) is 3.75. The van der Waals surface area contributed by atoms with Crippen LogP contribution >= 0.6 is 23.2 Å². The van der Waals surface area contributed by atoms with Crippen molar-refractivity contribution in [3.05, 3.63) is 76.4 Å². The Morgan fingerprint density at radius 3 is 2.50 bits per heavy atom. The molecule has 0 saturated carbocycles. The van der Waals surface area contributed by atoms with Crippen LogP contribution in [0.15, 0.2) is 60.8 Å². The normalized spacial score (nSPS) is 10.4. The minimum Gasteiger partial charge on any atom is -0.396 e. The molecule has 0 aliphatic heterocycles. The van der Waals surface area contributed by atoms with Crippen molar-refractivity contribution in [3.8, 4) is 0 Å². The molecule has 0 atom stereocenters. The van der Waals surface area contributed by atoms with Crippen molar-refractivity contribution >= 4 is 52.0 Å². The first-order chi connectivity index (χ1) is 12.4. The summed E-state index contributed by atoms with van der Waals surface area (Å²) < 4.78 is 0. The van der Waals surface area contributed by atoms with Gasteiger partial charge in [-0.15, -0.1) is 0 Å². The van der Waals surface area contributed by atoms with Crippen molar-refractivity contribution in [3.63, 3.8) is 0 Å². The molecule has 0 spiro atoms. The summed E-state index contributed by atoms with van der Waals surface area (Å²) in [4.78, 5) is 18.5. The Bertz CT molecular complexity index is 942. The number of nitrogens with one attached hydrogen (secondary N) is 1. The van der Waals surface area contributed by atoms with Gasteiger partial charge in [-0.25, -0.2) is 4.98 Å². The number of aromatic nitrogens is 1. The number of hydrogen-bond acceptors (Lipinski definition) is 4. The quantitative estimate of drug-likeness (QED) is 0.662. The van der Waals surface area contributed by atoms with Crippen molar-refractivity contribution in [1.29, 1.82) is 0 Å². The summed E-state index contributed by atoms with van der Waals surface area (Å²) >= 11 is 12.0. The fraction of sp³-hybridized carbons (Fsp3) is 0.0526. The topological polar surface area (TPSA) is 71.2 Å². The number of carbonyl (C=O) groups excluding carboxylic acids is 1. The second-order valence-corrected chi connectivity index (χ2v) is 6.51. The summed E-state index contributed by atoms with van der Waals surface area (Å²) in [6.07, 6.45) is 1.64. The van der Waals surface area contributed by atoms with Gasteiger partial charge in [0.1, 0.15) is 0 Å². The number of nitrogen functional groups attached to an aromatic ring is 1. The molecule has 132 valence electrons. The Balaban J connectivity index is 1.85. The lowest BCUT2D eigenvalue weighted by molar-refractivity contribution is 0.0993. The molecule has 1 aromatic heterocycles. The van der Waals surface area contributed by atoms with Gasteiger partial charge in [0, 0.05) is 40.2 Å². The molecule has 3 aromatic rings. The highest BCUT2D eigenvalue weighted by Crippen LogP contribution is 2.26. The van der Waals surface area contributed by atoms with Gasteiger partial charge in [-0.2, -0.15) is 0 Å². The first-order valence-corrected chi connectivity index (χ1v) is 8.51. The second-order valence-electron chi connectivity index (χ2n) is 5.64. The van der Waals surface area contributed by atoms with Gasteiger partial charge in [-0.1, -0.05) is 29.3 Å². The fourth-order valence-corrected chi connectivity index (χ4v) is 2.95. The predicted octanol–water partition coefficient (Wildman–Crippen LogP) is 4.99. The van der Waals surface area contributed by atoms with Crippen LogP contribution in [0.3, 0.4) is 0 Å². The summed E-state index contributed by atoms with van der Waals surface area (Å²) in [6, 6.07) is 15.6. The molecule has 1 amide bonds.